The first kappa shape index (κ1) is 18.3. The van der Waals surface area contributed by atoms with Crippen molar-refractivity contribution < 1.29 is 27.2 Å². The third-order valence-corrected chi connectivity index (χ3v) is 3.25. The van der Waals surface area contributed by atoms with Crippen LogP contribution in [0.4, 0.5) is 13.2 Å². The van der Waals surface area contributed by atoms with E-state index in [9.17, 15) is 18.0 Å². The summed E-state index contributed by atoms with van der Waals surface area (Å²) in [5.41, 5.74) is 1.47. The molecule has 0 aromatic carbocycles. The monoisotopic (exact) mass is 379 g/mol. The van der Waals surface area contributed by atoms with Crippen LogP contribution in [0.1, 0.15) is 16.1 Å². The van der Waals surface area contributed by atoms with E-state index >= 15 is 0 Å². The summed E-state index contributed by atoms with van der Waals surface area (Å²) in [6, 6.07) is 7.86. The van der Waals surface area contributed by atoms with Crippen molar-refractivity contribution in [3.8, 4) is 17.3 Å². The number of ether oxygens (including phenoxy) is 1. The molecule has 140 valence electrons. The highest BCUT2D eigenvalue weighted by Gasteiger charge is 2.28. The number of aromatic nitrogens is 4. The van der Waals surface area contributed by atoms with E-state index in [-0.39, 0.29) is 18.2 Å². The van der Waals surface area contributed by atoms with Crippen LogP contribution < -0.4 is 10.1 Å². The molecule has 1 N–H and O–H groups in total. The number of rotatable bonds is 6. The highest BCUT2D eigenvalue weighted by molar-refractivity contribution is 5.92. The molecule has 0 spiro atoms. The van der Waals surface area contributed by atoms with Crippen molar-refractivity contribution in [2.75, 3.05) is 6.54 Å². The van der Waals surface area contributed by atoms with Gasteiger partial charge in [0.15, 0.2) is 5.69 Å². The summed E-state index contributed by atoms with van der Waals surface area (Å²) < 4.78 is 46.7. The molecule has 3 heterocycles. The van der Waals surface area contributed by atoms with Crippen molar-refractivity contribution in [3.63, 3.8) is 0 Å². The van der Waals surface area contributed by atoms with E-state index < -0.39 is 18.6 Å². The normalized spacial score (nSPS) is 11.2. The standard InChI is InChI=1S/C16H12F3N5O3/c17-16(18,19)9-21-15(25)12-4-5-13(23-22-12)26-7-10-8-27-24-14(10)11-3-1-2-6-20-11/h1-6,8H,7,9H2,(H,21,25). The fraction of sp³-hybridized carbons (Fsp3) is 0.188. The van der Waals surface area contributed by atoms with Crippen LogP contribution in [0.2, 0.25) is 0 Å². The number of carbonyl (C=O) groups is 1. The van der Waals surface area contributed by atoms with Crippen molar-refractivity contribution in [2.45, 2.75) is 12.8 Å². The predicted octanol–water partition coefficient (Wildman–Crippen LogP) is 2.40. The van der Waals surface area contributed by atoms with Crippen LogP contribution in [0.25, 0.3) is 11.4 Å². The van der Waals surface area contributed by atoms with Crippen LogP contribution >= 0.6 is 0 Å². The van der Waals surface area contributed by atoms with E-state index in [4.69, 9.17) is 9.26 Å². The summed E-state index contributed by atoms with van der Waals surface area (Å²) in [6.07, 6.45) is -1.49. The van der Waals surface area contributed by atoms with Gasteiger partial charge in [-0.2, -0.15) is 13.2 Å². The lowest BCUT2D eigenvalue weighted by Crippen LogP contribution is -2.34. The second-order valence-corrected chi connectivity index (χ2v) is 5.25. The first-order valence-electron chi connectivity index (χ1n) is 7.58. The number of halogens is 3. The summed E-state index contributed by atoms with van der Waals surface area (Å²) in [6.45, 7) is -1.40. The van der Waals surface area contributed by atoms with E-state index in [1.54, 1.807) is 29.7 Å². The fourth-order valence-corrected chi connectivity index (χ4v) is 2.01. The van der Waals surface area contributed by atoms with Gasteiger partial charge in [-0.15, -0.1) is 10.2 Å². The summed E-state index contributed by atoms with van der Waals surface area (Å²) in [5.74, 6) is -0.904. The SMILES string of the molecule is O=C(NCC(F)(F)F)c1ccc(OCc2conc2-c2ccccn2)nn1. The lowest BCUT2D eigenvalue weighted by atomic mass is 10.2. The molecule has 0 aliphatic rings. The van der Waals surface area contributed by atoms with E-state index in [0.717, 1.165) is 0 Å². The summed E-state index contributed by atoms with van der Waals surface area (Å²) in [4.78, 5) is 15.7. The Kier molecular flexibility index (Phi) is 5.29. The van der Waals surface area contributed by atoms with Crippen molar-refractivity contribution in [3.05, 3.63) is 54.0 Å². The molecule has 3 aromatic rings. The van der Waals surface area contributed by atoms with Gasteiger partial charge in [0.1, 0.15) is 25.1 Å². The number of amides is 1. The summed E-state index contributed by atoms with van der Waals surface area (Å²) >= 11 is 0. The Morgan fingerprint density at radius 1 is 1.19 bits per heavy atom. The Hall–Kier alpha value is -3.50. The predicted molar refractivity (Wildman–Crippen MR) is 84.5 cm³/mol. The largest absolute Gasteiger partial charge is 0.472 e. The van der Waals surface area contributed by atoms with Crippen LogP contribution in [0.3, 0.4) is 0 Å². The Morgan fingerprint density at radius 2 is 2.04 bits per heavy atom. The first-order valence-corrected chi connectivity index (χ1v) is 7.58. The van der Waals surface area contributed by atoms with Gasteiger partial charge in [0.05, 0.1) is 11.3 Å². The van der Waals surface area contributed by atoms with E-state index in [0.29, 0.717) is 17.0 Å². The minimum atomic E-state index is -4.50. The zero-order valence-corrected chi connectivity index (χ0v) is 13.6. The van der Waals surface area contributed by atoms with Gasteiger partial charge in [-0.1, -0.05) is 11.2 Å². The third-order valence-electron chi connectivity index (χ3n) is 3.25. The number of nitrogens with zero attached hydrogens (tertiary/aromatic N) is 4. The van der Waals surface area contributed by atoms with Crippen LogP contribution in [-0.2, 0) is 6.61 Å². The number of alkyl halides is 3. The molecular formula is C16H12F3N5O3. The maximum absolute atomic E-state index is 12.1. The molecule has 0 aliphatic heterocycles. The van der Waals surface area contributed by atoms with Gasteiger partial charge >= 0.3 is 6.18 Å². The van der Waals surface area contributed by atoms with Crippen molar-refractivity contribution in [1.29, 1.82) is 0 Å². The van der Waals surface area contributed by atoms with Crippen LogP contribution in [-0.4, -0.2) is 39.0 Å². The van der Waals surface area contributed by atoms with Gasteiger partial charge < -0.3 is 14.6 Å². The average molecular weight is 379 g/mol. The van der Waals surface area contributed by atoms with Gasteiger partial charge in [-0.3, -0.25) is 9.78 Å². The molecule has 27 heavy (non-hydrogen) atoms. The second kappa shape index (κ2) is 7.81. The Bertz CT molecular complexity index is 898. The van der Waals surface area contributed by atoms with Crippen molar-refractivity contribution >= 4 is 5.91 Å². The molecule has 3 rings (SSSR count). The van der Waals surface area contributed by atoms with Crippen LogP contribution in [0.15, 0.2) is 47.3 Å². The number of pyridine rings is 1. The molecule has 0 unspecified atom stereocenters. The topological polar surface area (TPSA) is 103 Å². The zero-order valence-electron chi connectivity index (χ0n) is 13.6. The Labute approximate surface area is 150 Å². The molecular weight excluding hydrogens is 367 g/mol. The lowest BCUT2D eigenvalue weighted by molar-refractivity contribution is -0.123. The second-order valence-electron chi connectivity index (χ2n) is 5.25. The quantitative estimate of drug-likeness (QED) is 0.701. The molecule has 0 atom stereocenters. The molecule has 0 radical (unpaired) electrons. The average Bonchev–Trinajstić information content (AvgIpc) is 3.13. The maximum atomic E-state index is 12.1. The van der Waals surface area contributed by atoms with Crippen molar-refractivity contribution in [2.24, 2.45) is 0 Å². The highest BCUT2D eigenvalue weighted by Crippen LogP contribution is 2.21. The summed E-state index contributed by atoms with van der Waals surface area (Å²) in [5, 5.41) is 12.8. The first-order chi connectivity index (χ1) is 12.9. The fourth-order valence-electron chi connectivity index (χ4n) is 2.01. The molecule has 0 fully saturated rings. The molecule has 0 aliphatic carbocycles. The Morgan fingerprint density at radius 3 is 2.70 bits per heavy atom. The maximum Gasteiger partial charge on any atom is 0.405 e. The number of nitrogens with one attached hydrogen (secondary N) is 1. The van der Waals surface area contributed by atoms with Crippen LogP contribution in [0, 0.1) is 0 Å². The van der Waals surface area contributed by atoms with Crippen molar-refractivity contribution in [1.82, 2.24) is 25.7 Å². The van der Waals surface area contributed by atoms with Gasteiger partial charge in [0, 0.05) is 12.3 Å². The molecule has 11 heteroatoms. The smallest absolute Gasteiger partial charge is 0.405 e. The van der Waals surface area contributed by atoms with Gasteiger partial charge in [-0.05, 0) is 18.2 Å². The van der Waals surface area contributed by atoms with Gasteiger partial charge in [0.2, 0.25) is 5.88 Å². The lowest BCUT2D eigenvalue weighted by Gasteiger charge is -2.08. The number of hydrogen-bond donors (Lipinski definition) is 1. The van der Waals surface area contributed by atoms with E-state index in [1.165, 1.54) is 18.4 Å². The minimum absolute atomic E-state index is 0.0453. The molecule has 3 aromatic heterocycles. The van der Waals surface area contributed by atoms with Gasteiger partial charge in [-0.25, -0.2) is 0 Å². The minimum Gasteiger partial charge on any atom is -0.472 e. The molecule has 1 amide bonds. The number of carbonyl (C=O) groups excluding carboxylic acids is 1. The van der Waals surface area contributed by atoms with E-state index in [2.05, 4.69) is 20.3 Å². The molecule has 0 bridgehead atoms. The Balaban J connectivity index is 1.60. The zero-order chi connectivity index (χ0) is 19.3. The van der Waals surface area contributed by atoms with E-state index in [1.807, 2.05) is 0 Å². The third kappa shape index (κ3) is 5.00. The molecule has 8 nitrogen and oxygen atoms in total. The highest BCUT2D eigenvalue weighted by atomic mass is 19.4. The van der Waals surface area contributed by atoms with Gasteiger partial charge in [0.25, 0.3) is 5.91 Å². The summed E-state index contributed by atoms with van der Waals surface area (Å²) in [7, 11) is 0. The molecule has 0 saturated heterocycles. The molecule has 0 saturated carbocycles. The van der Waals surface area contributed by atoms with Crippen LogP contribution in [0.5, 0.6) is 5.88 Å². The number of hydrogen-bond acceptors (Lipinski definition) is 7.